The molecule has 61 heavy (non-hydrogen) atoms. The van der Waals surface area contributed by atoms with Gasteiger partial charge in [-0.05, 0) is 60.7 Å². The molecule has 4 aromatic heterocycles. The highest BCUT2D eigenvalue weighted by molar-refractivity contribution is 7.18. The van der Waals surface area contributed by atoms with Gasteiger partial charge in [0.1, 0.15) is 10.0 Å². The zero-order chi connectivity index (χ0) is 40.9. The Hall–Kier alpha value is -8.07. The minimum atomic E-state index is 0.525. The predicted molar refractivity (Wildman–Crippen MR) is 252 cm³/mol. The third-order valence-electron chi connectivity index (χ3n) is 11.1. The second-order valence-corrected chi connectivity index (χ2v) is 15.6. The van der Waals surface area contributed by atoms with Crippen molar-refractivity contribution >= 4 is 60.5 Å². The Morgan fingerprint density at radius 3 is 1.85 bits per heavy atom. The van der Waals surface area contributed by atoms with Gasteiger partial charge in [0.15, 0.2) is 17.5 Å². The molecule has 0 unspecified atom stereocenters. The molecule has 0 N–H and O–H groups in total. The highest BCUT2D eigenvalue weighted by Crippen LogP contribution is 2.42. The first-order valence-electron chi connectivity index (χ1n) is 20.0. The molecule has 0 aliphatic rings. The van der Waals surface area contributed by atoms with Gasteiger partial charge in [0.2, 0.25) is 0 Å². The largest absolute Gasteiger partial charge is 0.309 e. The molecular weight excluding hydrogens is 767 g/mol. The number of fused-ring (bicyclic) bond motifs is 6. The van der Waals surface area contributed by atoms with Gasteiger partial charge in [-0.3, -0.25) is 0 Å². The minimum absolute atomic E-state index is 0.525. The van der Waals surface area contributed by atoms with Crippen molar-refractivity contribution in [3.05, 3.63) is 207 Å². The van der Waals surface area contributed by atoms with E-state index in [1.54, 1.807) is 23.5 Å². The van der Waals surface area contributed by atoms with Crippen LogP contribution in [0.3, 0.4) is 0 Å². The molecule has 0 aliphatic carbocycles. The van der Waals surface area contributed by atoms with Crippen molar-refractivity contribution in [2.75, 3.05) is 0 Å². The third kappa shape index (κ3) is 6.16. The van der Waals surface area contributed by atoms with Gasteiger partial charge in [0, 0.05) is 60.7 Å². The van der Waals surface area contributed by atoms with E-state index in [1.807, 2.05) is 42.5 Å². The Morgan fingerprint density at radius 2 is 1.08 bits per heavy atom. The van der Waals surface area contributed by atoms with Crippen LogP contribution in [0.2, 0.25) is 0 Å². The lowest BCUT2D eigenvalue weighted by Gasteiger charge is -2.13. The SMILES string of the molecule is C=C/C=C(\C=C)c1nc(-c2ccccc2)nc(-c2cccc(-n3c4ccccc4c4cccc(-c5nnc(-c6ccc7c(c6)c6ccccc6n7-c6ccccc6)s5)c43)c2)n1. The van der Waals surface area contributed by atoms with Crippen LogP contribution in [0.5, 0.6) is 0 Å². The molecule has 8 heteroatoms. The summed E-state index contributed by atoms with van der Waals surface area (Å²) in [6, 6.07) is 59.0. The number of aromatic nitrogens is 7. The second kappa shape index (κ2) is 14.9. The smallest absolute Gasteiger partial charge is 0.164 e. The van der Waals surface area contributed by atoms with Gasteiger partial charge in [-0.25, -0.2) is 15.0 Å². The van der Waals surface area contributed by atoms with Crippen LogP contribution in [0.4, 0.5) is 0 Å². The average Bonchev–Trinajstić information content (AvgIpc) is 4.04. The van der Waals surface area contributed by atoms with E-state index in [4.69, 9.17) is 25.1 Å². The molecule has 0 aliphatic heterocycles. The summed E-state index contributed by atoms with van der Waals surface area (Å²) in [5.41, 5.74) is 11.1. The average molecular weight is 802 g/mol. The van der Waals surface area contributed by atoms with E-state index in [0.717, 1.165) is 76.5 Å². The van der Waals surface area contributed by atoms with E-state index >= 15 is 0 Å². The molecule has 11 aromatic rings. The maximum absolute atomic E-state index is 5.01. The number of rotatable bonds is 9. The lowest BCUT2D eigenvalue weighted by Crippen LogP contribution is -2.03. The van der Waals surface area contributed by atoms with Gasteiger partial charge >= 0.3 is 0 Å². The number of nitrogens with zero attached hydrogens (tertiary/aromatic N) is 7. The van der Waals surface area contributed by atoms with Crippen LogP contribution >= 0.6 is 11.3 Å². The maximum Gasteiger partial charge on any atom is 0.164 e. The molecule has 7 aromatic carbocycles. The molecule has 0 bridgehead atoms. The lowest BCUT2D eigenvalue weighted by atomic mass is 10.1. The second-order valence-electron chi connectivity index (χ2n) is 14.7. The van der Waals surface area contributed by atoms with E-state index in [1.165, 1.54) is 16.3 Å². The normalized spacial score (nSPS) is 11.8. The van der Waals surface area contributed by atoms with E-state index in [0.29, 0.717) is 17.5 Å². The molecule has 0 radical (unpaired) electrons. The van der Waals surface area contributed by atoms with Crippen LogP contribution in [-0.4, -0.2) is 34.3 Å². The molecule has 0 atom stereocenters. The van der Waals surface area contributed by atoms with Crippen molar-refractivity contribution in [3.63, 3.8) is 0 Å². The Bertz CT molecular complexity index is 3520. The summed E-state index contributed by atoms with van der Waals surface area (Å²) in [6.45, 7) is 7.92. The van der Waals surface area contributed by atoms with Crippen molar-refractivity contribution in [2.45, 2.75) is 0 Å². The first kappa shape index (κ1) is 36.0. The third-order valence-corrected chi connectivity index (χ3v) is 12.1. The van der Waals surface area contributed by atoms with Crippen molar-refractivity contribution < 1.29 is 0 Å². The van der Waals surface area contributed by atoms with Crippen LogP contribution in [0.1, 0.15) is 5.82 Å². The molecular formula is C53H35N7S. The molecule has 7 nitrogen and oxygen atoms in total. The van der Waals surface area contributed by atoms with Gasteiger partial charge < -0.3 is 9.13 Å². The molecule has 0 saturated heterocycles. The van der Waals surface area contributed by atoms with Crippen LogP contribution in [0, 0.1) is 0 Å². The topological polar surface area (TPSA) is 74.3 Å². The van der Waals surface area contributed by atoms with Gasteiger partial charge in [-0.2, -0.15) is 0 Å². The van der Waals surface area contributed by atoms with Crippen LogP contribution in [-0.2, 0) is 0 Å². The Morgan fingerprint density at radius 1 is 0.475 bits per heavy atom. The Labute approximate surface area is 355 Å². The van der Waals surface area contributed by atoms with E-state index < -0.39 is 0 Å². The lowest BCUT2D eigenvalue weighted by molar-refractivity contribution is 1.04. The Balaban J connectivity index is 1.05. The van der Waals surface area contributed by atoms with E-state index in [2.05, 4.69) is 156 Å². The number of hydrogen-bond acceptors (Lipinski definition) is 6. The molecule has 288 valence electrons. The zero-order valence-electron chi connectivity index (χ0n) is 32.9. The van der Waals surface area contributed by atoms with Crippen molar-refractivity contribution in [3.8, 4) is 55.3 Å². The fraction of sp³-hybridized carbons (Fsp3) is 0. The summed E-state index contributed by atoms with van der Waals surface area (Å²) in [4.78, 5) is 14.8. The van der Waals surface area contributed by atoms with Crippen LogP contribution < -0.4 is 0 Å². The first-order chi connectivity index (χ1) is 30.2. The standard InChI is InChI=1S/C53H35N7S/c1-3-17-34(4-2)49-54-50(35-18-7-5-8-19-35)56-51(55-49)36-20-15-23-39(32-36)60-46-29-14-11-24-40(46)42-26-16-27-43(48(42)60)53-58-57-52(61-53)37-30-31-47-44(33-37)41-25-12-13-28-45(41)59(47)38-21-9-6-10-22-38/h3-33H,1-2H2/b34-17+. The molecule has 4 heterocycles. The number of benzene rings is 7. The summed E-state index contributed by atoms with van der Waals surface area (Å²) in [5, 5.41) is 16.0. The molecule has 0 spiro atoms. The summed E-state index contributed by atoms with van der Waals surface area (Å²) < 4.78 is 4.65. The number of hydrogen-bond donors (Lipinski definition) is 0. The Kier molecular flexibility index (Phi) is 8.83. The summed E-state index contributed by atoms with van der Waals surface area (Å²) in [5.74, 6) is 1.66. The molecule has 0 amide bonds. The van der Waals surface area contributed by atoms with Crippen LogP contribution in [0.25, 0.3) is 104 Å². The fourth-order valence-electron chi connectivity index (χ4n) is 8.36. The van der Waals surface area contributed by atoms with Gasteiger partial charge in [0.25, 0.3) is 0 Å². The highest BCUT2D eigenvalue weighted by Gasteiger charge is 2.21. The summed E-state index contributed by atoms with van der Waals surface area (Å²) in [7, 11) is 0. The quantitative estimate of drug-likeness (QED) is 0.136. The van der Waals surface area contributed by atoms with Crippen molar-refractivity contribution in [2.24, 2.45) is 0 Å². The fourth-order valence-corrected chi connectivity index (χ4v) is 9.23. The number of para-hydroxylation sites is 4. The molecule has 0 saturated carbocycles. The summed E-state index contributed by atoms with van der Waals surface area (Å²) in [6.07, 6.45) is 5.32. The highest BCUT2D eigenvalue weighted by atomic mass is 32.1. The molecule has 0 fully saturated rings. The summed E-state index contributed by atoms with van der Waals surface area (Å²) >= 11 is 1.61. The first-order valence-corrected chi connectivity index (χ1v) is 20.8. The van der Waals surface area contributed by atoms with Gasteiger partial charge in [-0.15, -0.1) is 10.2 Å². The predicted octanol–water partition coefficient (Wildman–Crippen LogP) is 13.3. The monoisotopic (exact) mass is 801 g/mol. The molecule has 11 rings (SSSR count). The van der Waals surface area contributed by atoms with Crippen molar-refractivity contribution in [1.82, 2.24) is 34.3 Å². The zero-order valence-corrected chi connectivity index (χ0v) is 33.7. The number of allylic oxidation sites excluding steroid dienone is 4. The van der Waals surface area contributed by atoms with Crippen LogP contribution in [0.15, 0.2) is 201 Å². The van der Waals surface area contributed by atoms with Gasteiger partial charge in [0.05, 0.1) is 22.1 Å². The maximum atomic E-state index is 5.01. The van der Waals surface area contributed by atoms with Gasteiger partial charge in [-0.1, -0.05) is 152 Å². The van der Waals surface area contributed by atoms with E-state index in [-0.39, 0.29) is 0 Å². The minimum Gasteiger partial charge on any atom is -0.309 e. The van der Waals surface area contributed by atoms with E-state index in [9.17, 15) is 0 Å². The van der Waals surface area contributed by atoms with Crippen molar-refractivity contribution in [1.29, 1.82) is 0 Å².